The molecule has 1 heterocycles. The van der Waals surface area contributed by atoms with Crippen molar-refractivity contribution in [2.75, 3.05) is 13.7 Å². The highest BCUT2D eigenvalue weighted by molar-refractivity contribution is 5.88. The van der Waals surface area contributed by atoms with Gasteiger partial charge in [0.2, 0.25) is 5.91 Å². The number of hydrogen-bond donors (Lipinski definition) is 2. The molecule has 1 atom stereocenters. The van der Waals surface area contributed by atoms with Crippen molar-refractivity contribution in [1.82, 2.24) is 5.32 Å². The van der Waals surface area contributed by atoms with Crippen molar-refractivity contribution in [3.63, 3.8) is 0 Å². The van der Waals surface area contributed by atoms with Crippen LogP contribution in [0.15, 0.2) is 28.9 Å². The molecular weight excluding hydrogens is 282 g/mol. The molecule has 0 aliphatic rings. The van der Waals surface area contributed by atoms with Crippen molar-refractivity contribution in [3.8, 4) is 5.75 Å². The van der Waals surface area contributed by atoms with E-state index < -0.39 is 0 Å². The molecule has 22 heavy (non-hydrogen) atoms. The zero-order valence-corrected chi connectivity index (χ0v) is 13.3. The predicted octanol–water partition coefficient (Wildman–Crippen LogP) is 2.65. The van der Waals surface area contributed by atoms with Crippen LogP contribution in [-0.4, -0.2) is 30.3 Å². The molecule has 0 aliphatic carbocycles. The molecule has 1 amide bonds. The number of nitrogens with one attached hydrogen (secondary N) is 1. The van der Waals surface area contributed by atoms with E-state index in [-0.39, 0.29) is 24.5 Å². The molecule has 0 aliphatic heterocycles. The number of benzene rings is 1. The monoisotopic (exact) mass is 305 g/mol. The van der Waals surface area contributed by atoms with E-state index in [1.54, 1.807) is 19.4 Å². The Balaban J connectivity index is 2.12. The third-order valence-corrected chi connectivity index (χ3v) is 4.10. The molecule has 0 fully saturated rings. The average Bonchev–Trinajstić information content (AvgIpc) is 2.89. The first-order valence-electron chi connectivity index (χ1n) is 7.47. The summed E-state index contributed by atoms with van der Waals surface area (Å²) < 4.78 is 10.7. The molecule has 2 aromatic rings. The van der Waals surface area contributed by atoms with Crippen LogP contribution >= 0.6 is 0 Å². The normalized spacial score (nSPS) is 13.8. The third-order valence-electron chi connectivity index (χ3n) is 4.10. The van der Waals surface area contributed by atoms with Gasteiger partial charge in [-0.3, -0.25) is 4.79 Å². The van der Waals surface area contributed by atoms with E-state index in [4.69, 9.17) is 14.3 Å². The van der Waals surface area contributed by atoms with Gasteiger partial charge in [0.1, 0.15) is 11.3 Å². The van der Waals surface area contributed by atoms with E-state index in [1.807, 2.05) is 26.0 Å². The number of hydrogen-bond acceptors (Lipinski definition) is 4. The van der Waals surface area contributed by atoms with Crippen LogP contribution in [0.3, 0.4) is 0 Å². The number of rotatable bonds is 7. The number of amides is 1. The lowest BCUT2D eigenvalue weighted by Crippen LogP contribution is -2.46. The van der Waals surface area contributed by atoms with Crippen molar-refractivity contribution in [2.24, 2.45) is 0 Å². The van der Waals surface area contributed by atoms with Crippen LogP contribution in [0.1, 0.15) is 32.3 Å². The van der Waals surface area contributed by atoms with E-state index in [0.717, 1.165) is 23.1 Å². The molecular formula is C17H23NO4. The maximum absolute atomic E-state index is 12.3. The van der Waals surface area contributed by atoms with Crippen molar-refractivity contribution < 1.29 is 19.1 Å². The molecule has 2 N–H and O–H groups in total. The van der Waals surface area contributed by atoms with Gasteiger partial charge in [0.05, 0.1) is 19.8 Å². The van der Waals surface area contributed by atoms with Gasteiger partial charge in [-0.1, -0.05) is 6.92 Å². The fourth-order valence-electron chi connectivity index (χ4n) is 2.46. The summed E-state index contributed by atoms with van der Waals surface area (Å²) in [5.41, 5.74) is 1.17. The summed E-state index contributed by atoms with van der Waals surface area (Å²) in [5, 5.41) is 13.0. The van der Waals surface area contributed by atoms with Crippen molar-refractivity contribution in [1.29, 1.82) is 0 Å². The van der Waals surface area contributed by atoms with Crippen LogP contribution in [0.2, 0.25) is 0 Å². The second-order valence-electron chi connectivity index (χ2n) is 5.74. The van der Waals surface area contributed by atoms with Gasteiger partial charge in [-0.05, 0) is 31.9 Å². The Hall–Kier alpha value is -2.01. The quantitative estimate of drug-likeness (QED) is 0.825. The molecule has 0 spiro atoms. The summed E-state index contributed by atoms with van der Waals surface area (Å²) in [6.07, 6.45) is 3.17. The van der Waals surface area contributed by atoms with Gasteiger partial charge in [0.15, 0.2) is 0 Å². The first-order chi connectivity index (χ1) is 10.5. The molecule has 5 heteroatoms. The van der Waals surface area contributed by atoms with Crippen LogP contribution in [0.5, 0.6) is 5.75 Å². The number of methoxy groups -OCH3 is 1. The van der Waals surface area contributed by atoms with E-state index in [2.05, 4.69) is 5.32 Å². The van der Waals surface area contributed by atoms with Gasteiger partial charge < -0.3 is 19.6 Å². The molecule has 1 aromatic heterocycles. The van der Waals surface area contributed by atoms with Crippen molar-refractivity contribution >= 4 is 16.9 Å². The molecule has 0 bridgehead atoms. The lowest BCUT2D eigenvalue weighted by molar-refractivity contribution is -0.122. The Kier molecular flexibility index (Phi) is 5.08. The van der Waals surface area contributed by atoms with Gasteiger partial charge in [-0.25, -0.2) is 0 Å². The number of aliphatic hydroxyl groups is 1. The topological polar surface area (TPSA) is 71.7 Å². The van der Waals surface area contributed by atoms with E-state index >= 15 is 0 Å². The van der Waals surface area contributed by atoms with E-state index in [0.29, 0.717) is 12.0 Å². The SMILES string of the molecule is CCC(C)(CCO)NC(=O)Cc1coc2cc(OC)ccc12. The van der Waals surface area contributed by atoms with Crippen LogP contribution in [-0.2, 0) is 11.2 Å². The third kappa shape index (κ3) is 3.60. The molecule has 0 radical (unpaired) electrons. The van der Waals surface area contributed by atoms with Gasteiger partial charge >= 0.3 is 0 Å². The van der Waals surface area contributed by atoms with Crippen molar-refractivity contribution in [2.45, 2.75) is 38.6 Å². The molecule has 120 valence electrons. The molecule has 1 unspecified atom stereocenters. The molecule has 5 nitrogen and oxygen atoms in total. The van der Waals surface area contributed by atoms with Crippen molar-refractivity contribution in [3.05, 3.63) is 30.0 Å². The number of carbonyl (C=O) groups is 1. The van der Waals surface area contributed by atoms with Crippen LogP contribution in [0.25, 0.3) is 11.0 Å². The molecule has 0 saturated heterocycles. The summed E-state index contributed by atoms with van der Waals surface area (Å²) in [6.45, 7) is 3.99. The van der Waals surface area contributed by atoms with Gasteiger partial charge in [-0.2, -0.15) is 0 Å². The minimum Gasteiger partial charge on any atom is -0.497 e. The lowest BCUT2D eigenvalue weighted by atomic mass is 9.94. The van der Waals surface area contributed by atoms with Crippen LogP contribution in [0, 0.1) is 0 Å². The minimum atomic E-state index is -0.380. The zero-order chi connectivity index (χ0) is 16.2. The molecule has 1 aromatic carbocycles. The standard InChI is InChI=1S/C17H23NO4/c1-4-17(2,7-8-19)18-16(20)9-12-11-22-15-10-13(21-3)5-6-14(12)15/h5-6,10-11,19H,4,7-9H2,1-3H3,(H,18,20). The second kappa shape index (κ2) is 6.83. The Morgan fingerprint density at radius 1 is 1.45 bits per heavy atom. The first-order valence-corrected chi connectivity index (χ1v) is 7.47. The fourth-order valence-corrected chi connectivity index (χ4v) is 2.46. The van der Waals surface area contributed by atoms with E-state index in [9.17, 15) is 4.79 Å². The van der Waals surface area contributed by atoms with E-state index in [1.165, 1.54) is 0 Å². The van der Waals surface area contributed by atoms with Gasteiger partial charge in [0.25, 0.3) is 0 Å². The Morgan fingerprint density at radius 2 is 2.23 bits per heavy atom. The number of ether oxygens (including phenoxy) is 1. The highest BCUT2D eigenvalue weighted by Gasteiger charge is 2.24. The minimum absolute atomic E-state index is 0.0546. The Morgan fingerprint density at radius 3 is 2.86 bits per heavy atom. The largest absolute Gasteiger partial charge is 0.497 e. The second-order valence-corrected chi connectivity index (χ2v) is 5.74. The fraction of sp³-hybridized carbons (Fsp3) is 0.471. The Labute approximate surface area is 130 Å². The molecule has 0 saturated carbocycles. The average molecular weight is 305 g/mol. The number of furan rings is 1. The maximum atomic E-state index is 12.3. The summed E-state index contributed by atoms with van der Waals surface area (Å²) in [6, 6.07) is 5.55. The first kappa shape index (κ1) is 16.4. The highest BCUT2D eigenvalue weighted by Crippen LogP contribution is 2.26. The van der Waals surface area contributed by atoms with Gasteiger partial charge in [0, 0.05) is 29.2 Å². The predicted molar refractivity (Wildman–Crippen MR) is 85.0 cm³/mol. The summed E-state index contributed by atoms with van der Waals surface area (Å²) >= 11 is 0. The Bertz CT molecular complexity index is 649. The maximum Gasteiger partial charge on any atom is 0.224 e. The summed E-state index contributed by atoms with van der Waals surface area (Å²) in [4.78, 5) is 12.3. The summed E-state index contributed by atoms with van der Waals surface area (Å²) in [7, 11) is 1.60. The number of carbonyl (C=O) groups excluding carboxylic acids is 1. The number of fused-ring (bicyclic) bond motifs is 1. The van der Waals surface area contributed by atoms with Gasteiger partial charge in [-0.15, -0.1) is 0 Å². The number of aliphatic hydroxyl groups excluding tert-OH is 1. The lowest BCUT2D eigenvalue weighted by Gasteiger charge is -2.29. The zero-order valence-electron chi connectivity index (χ0n) is 13.3. The van der Waals surface area contributed by atoms with Crippen LogP contribution in [0.4, 0.5) is 0 Å². The smallest absolute Gasteiger partial charge is 0.224 e. The summed E-state index contributed by atoms with van der Waals surface area (Å²) in [5.74, 6) is 0.649. The van der Waals surface area contributed by atoms with Crippen LogP contribution < -0.4 is 10.1 Å². The molecule has 2 rings (SSSR count). The highest BCUT2D eigenvalue weighted by atomic mass is 16.5.